The SMILES string of the molecule is C[C@@H]1CN(S(=O)(=O)c2ccc3c(c2)C(=O)c2ccccc2C3=O)C[C@H](C)O1. The highest BCUT2D eigenvalue weighted by atomic mass is 32.2. The van der Waals surface area contributed by atoms with Crippen molar-refractivity contribution in [2.45, 2.75) is 31.0 Å². The number of carbonyl (C=O) groups is 2. The van der Waals surface area contributed by atoms with Gasteiger partial charge >= 0.3 is 0 Å². The van der Waals surface area contributed by atoms with Crippen LogP contribution in [0, 0.1) is 0 Å². The van der Waals surface area contributed by atoms with Crippen LogP contribution in [0.3, 0.4) is 0 Å². The molecule has 0 amide bonds. The van der Waals surface area contributed by atoms with Gasteiger partial charge in [0.15, 0.2) is 11.6 Å². The van der Waals surface area contributed by atoms with Gasteiger partial charge in [-0.15, -0.1) is 0 Å². The summed E-state index contributed by atoms with van der Waals surface area (Å²) < 4.78 is 33.1. The van der Waals surface area contributed by atoms with Crippen LogP contribution in [-0.2, 0) is 14.8 Å². The quantitative estimate of drug-likeness (QED) is 0.676. The van der Waals surface area contributed by atoms with E-state index in [4.69, 9.17) is 4.74 Å². The van der Waals surface area contributed by atoms with E-state index >= 15 is 0 Å². The van der Waals surface area contributed by atoms with Crippen molar-refractivity contribution in [3.05, 3.63) is 64.7 Å². The molecule has 2 aliphatic rings. The average Bonchev–Trinajstić information content (AvgIpc) is 2.65. The topological polar surface area (TPSA) is 80.8 Å². The molecule has 0 saturated carbocycles. The Morgan fingerprint density at radius 2 is 1.37 bits per heavy atom. The van der Waals surface area contributed by atoms with E-state index < -0.39 is 10.0 Å². The lowest BCUT2D eigenvalue weighted by Gasteiger charge is -2.34. The Morgan fingerprint density at radius 3 is 1.96 bits per heavy atom. The van der Waals surface area contributed by atoms with E-state index in [1.54, 1.807) is 24.3 Å². The largest absolute Gasteiger partial charge is 0.373 e. The number of rotatable bonds is 2. The summed E-state index contributed by atoms with van der Waals surface area (Å²) in [5.41, 5.74) is 1.02. The minimum Gasteiger partial charge on any atom is -0.373 e. The first-order chi connectivity index (χ1) is 12.8. The average molecular weight is 385 g/mol. The zero-order valence-electron chi connectivity index (χ0n) is 15.0. The predicted octanol–water partition coefficient (Wildman–Crippen LogP) is 2.26. The summed E-state index contributed by atoms with van der Waals surface area (Å²) in [6.45, 7) is 4.15. The number of hydrogen-bond donors (Lipinski definition) is 0. The number of fused-ring (bicyclic) bond motifs is 2. The molecule has 1 aliphatic carbocycles. The normalized spacial score (nSPS) is 23.0. The van der Waals surface area contributed by atoms with Crippen LogP contribution in [0.1, 0.15) is 45.7 Å². The maximum absolute atomic E-state index is 13.1. The van der Waals surface area contributed by atoms with Crippen LogP contribution in [0.2, 0.25) is 0 Å². The molecule has 2 aromatic rings. The summed E-state index contributed by atoms with van der Waals surface area (Å²) in [7, 11) is -3.79. The molecule has 6 nitrogen and oxygen atoms in total. The zero-order chi connectivity index (χ0) is 19.3. The van der Waals surface area contributed by atoms with Gasteiger partial charge in [0.1, 0.15) is 0 Å². The second kappa shape index (κ2) is 6.37. The Labute approximate surface area is 157 Å². The third kappa shape index (κ3) is 2.92. The van der Waals surface area contributed by atoms with E-state index in [9.17, 15) is 18.0 Å². The number of benzene rings is 2. The van der Waals surface area contributed by atoms with Crippen LogP contribution in [0.25, 0.3) is 0 Å². The minimum absolute atomic E-state index is 0.0167. The molecule has 1 fully saturated rings. The zero-order valence-corrected chi connectivity index (χ0v) is 15.8. The molecule has 7 heteroatoms. The van der Waals surface area contributed by atoms with E-state index in [1.165, 1.54) is 22.5 Å². The van der Waals surface area contributed by atoms with Crippen LogP contribution in [0.4, 0.5) is 0 Å². The lowest BCUT2D eigenvalue weighted by Crippen LogP contribution is -2.48. The molecule has 4 rings (SSSR count). The van der Waals surface area contributed by atoms with Crippen LogP contribution < -0.4 is 0 Å². The Bertz CT molecular complexity index is 1050. The monoisotopic (exact) mass is 385 g/mol. The first-order valence-electron chi connectivity index (χ1n) is 8.77. The molecule has 0 bridgehead atoms. The van der Waals surface area contributed by atoms with Crippen molar-refractivity contribution in [2.75, 3.05) is 13.1 Å². The molecule has 2 aromatic carbocycles. The Morgan fingerprint density at radius 1 is 0.852 bits per heavy atom. The number of ether oxygens (including phenoxy) is 1. The van der Waals surface area contributed by atoms with Crippen molar-refractivity contribution in [1.29, 1.82) is 0 Å². The predicted molar refractivity (Wildman–Crippen MR) is 98.5 cm³/mol. The summed E-state index contributed by atoms with van der Waals surface area (Å²) in [6, 6.07) is 10.8. The lowest BCUT2D eigenvalue weighted by atomic mass is 9.84. The second-order valence-corrected chi connectivity index (χ2v) is 8.93. The molecule has 1 saturated heterocycles. The molecule has 0 spiro atoms. The van der Waals surface area contributed by atoms with Gasteiger partial charge in [0, 0.05) is 35.3 Å². The van der Waals surface area contributed by atoms with E-state index in [1.807, 2.05) is 13.8 Å². The second-order valence-electron chi connectivity index (χ2n) is 6.99. The number of nitrogens with zero attached hydrogens (tertiary/aromatic N) is 1. The highest BCUT2D eigenvalue weighted by Crippen LogP contribution is 2.30. The molecule has 0 radical (unpaired) electrons. The minimum atomic E-state index is -3.79. The number of carbonyl (C=O) groups excluding carboxylic acids is 2. The molecular weight excluding hydrogens is 366 g/mol. The van der Waals surface area contributed by atoms with E-state index in [2.05, 4.69) is 0 Å². The molecule has 0 unspecified atom stereocenters. The molecule has 0 N–H and O–H groups in total. The number of ketones is 2. The van der Waals surface area contributed by atoms with Crippen LogP contribution in [0.5, 0.6) is 0 Å². The summed E-state index contributed by atoms with van der Waals surface area (Å²) >= 11 is 0. The molecule has 140 valence electrons. The first kappa shape index (κ1) is 18.0. The van der Waals surface area contributed by atoms with E-state index in [0.717, 1.165) is 0 Å². The summed E-state index contributed by atoms with van der Waals surface area (Å²) in [5.74, 6) is -0.598. The van der Waals surface area contributed by atoms with Crippen LogP contribution in [-0.4, -0.2) is 49.6 Å². The third-order valence-corrected chi connectivity index (χ3v) is 6.75. The highest BCUT2D eigenvalue weighted by Gasteiger charge is 2.35. The molecule has 2 atom stereocenters. The molecule has 1 heterocycles. The Hall–Kier alpha value is -2.35. The van der Waals surface area contributed by atoms with Gasteiger partial charge in [-0.05, 0) is 32.0 Å². The Kier molecular flexibility index (Phi) is 4.25. The fraction of sp³-hybridized carbons (Fsp3) is 0.300. The summed E-state index contributed by atoms with van der Waals surface area (Å²) in [4.78, 5) is 25.5. The summed E-state index contributed by atoms with van der Waals surface area (Å²) in [6.07, 6.45) is -0.424. The number of hydrogen-bond acceptors (Lipinski definition) is 5. The van der Waals surface area contributed by atoms with Gasteiger partial charge in [-0.1, -0.05) is 24.3 Å². The Balaban J connectivity index is 1.77. The van der Waals surface area contributed by atoms with Crippen LogP contribution in [0.15, 0.2) is 47.4 Å². The maximum Gasteiger partial charge on any atom is 0.243 e. The molecular formula is C20H19NO5S. The smallest absolute Gasteiger partial charge is 0.243 e. The molecule has 0 aromatic heterocycles. The highest BCUT2D eigenvalue weighted by molar-refractivity contribution is 7.89. The van der Waals surface area contributed by atoms with Gasteiger partial charge in [-0.25, -0.2) is 8.42 Å². The van der Waals surface area contributed by atoms with Crippen molar-refractivity contribution >= 4 is 21.6 Å². The van der Waals surface area contributed by atoms with Gasteiger partial charge in [0.25, 0.3) is 0 Å². The van der Waals surface area contributed by atoms with Gasteiger partial charge in [0.2, 0.25) is 10.0 Å². The summed E-state index contributed by atoms with van der Waals surface area (Å²) in [5, 5.41) is 0. The van der Waals surface area contributed by atoms with Crippen molar-refractivity contribution < 1.29 is 22.7 Å². The van der Waals surface area contributed by atoms with Crippen molar-refractivity contribution in [1.82, 2.24) is 4.31 Å². The lowest BCUT2D eigenvalue weighted by molar-refractivity contribution is -0.0440. The third-order valence-electron chi connectivity index (χ3n) is 4.92. The fourth-order valence-corrected chi connectivity index (χ4v) is 5.33. The van der Waals surface area contributed by atoms with Gasteiger partial charge in [-0.2, -0.15) is 4.31 Å². The standard InChI is InChI=1S/C20H19NO5S/c1-12-10-21(11-13(2)26-12)27(24,25)14-7-8-17-18(9-14)20(23)16-6-4-3-5-15(16)19(17)22/h3-9,12-13H,10-11H2,1-2H3/t12-,13+. The molecule has 1 aliphatic heterocycles. The molecule has 27 heavy (non-hydrogen) atoms. The van der Waals surface area contributed by atoms with Gasteiger partial charge in [-0.3, -0.25) is 9.59 Å². The van der Waals surface area contributed by atoms with Crippen LogP contribution >= 0.6 is 0 Å². The van der Waals surface area contributed by atoms with E-state index in [0.29, 0.717) is 11.1 Å². The van der Waals surface area contributed by atoms with Crippen molar-refractivity contribution in [2.24, 2.45) is 0 Å². The van der Waals surface area contributed by atoms with Gasteiger partial charge in [0.05, 0.1) is 17.1 Å². The van der Waals surface area contributed by atoms with Crippen molar-refractivity contribution in [3.63, 3.8) is 0 Å². The van der Waals surface area contributed by atoms with Gasteiger partial charge < -0.3 is 4.74 Å². The maximum atomic E-state index is 13.1. The fourth-order valence-electron chi connectivity index (χ4n) is 3.72. The number of morpholine rings is 1. The first-order valence-corrected chi connectivity index (χ1v) is 10.2. The van der Waals surface area contributed by atoms with Crippen molar-refractivity contribution in [3.8, 4) is 0 Å². The number of sulfonamides is 1. The van der Waals surface area contributed by atoms with E-state index in [-0.39, 0.29) is 52.9 Å².